The molecule has 0 aromatic carbocycles. The second-order valence-corrected chi connectivity index (χ2v) is 4.64. The Morgan fingerprint density at radius 2 is 2.46 bits per heavy atom. The van der Waals surface area contributed by atoms with Gasteiger partial charge in [0.25, 0.3) is 0 Å². The first-order chi connectivity index (χ1) is 6.16. The van der Waals surface area contributed by atoms with Crippen molar-refractivity contribution in [3.8, 4) is 0 Å². The van der Waals surface area contributed by atoms with Crippen LogP contribution in [-0.4, -0.2) is 26.9 Å². The Hall–Kier alpha value is 0. The van der Waals surface area contributed by atoms with E-state index in [0.717, 1.165) is 22.3 Å². The van der Waals surface area contributed by atoms with Crippen LogP contribution in [0.2, 0.25) is 0 Å². The average molecular weight is 265 g/mol. The van der Waals surface area contributed by atoms with Gasteiger partial charge in [0.15, 0.2) is 0 Å². The number of halogens is 1. The Morgan fingerprint density at radius 3 is 2.92 bits per heavy atom. The lowest BCUT2D eigenvalue weighted by Gasteiger charge is -2.10. The first kappa shape index (κ1) is 11.1. The topological polar surface area (TPSA) is 38.1 Å². The minimum atomic E-state index is -0.422. The van der Waals surface area contributed by atoms with Gasteiger partial charge in [-0.15, -0.1) is 0 Å². The molecule has 0 aliphatic heterocycles. The van der Waals surface area contributed by atoms with Crippen molar-refractivity contribution >= 4 is 27.7 Å². The smallest absolute Gasteiger partial charge is 0.0975 e. The average Bonchev–Trinajstić information content (AvgIpc) is 2.42. The van der Waals surface area contributed by atoms with E-state index in [2.05, 4.69) is 21.0 Å². The number of aliphatic hydroxyl groups is 1. The highest BCUT2D eigenvalue weighted by atomic mass is 79.9. The molecule has 0 saturated heterocycles. The molecule has 0 fully saturated rings. The van der Waals surface area contributed by atoms with Crippen molar-refractivity contribution < 1.29 is 5.11 Å². The lowest BCUT2D eigenvalue weighted by atomic mass is 10.2. The number of thioether (sulfide) groups is 1. The minimum absolute atomic E-state index is 0.422. The predicted octanol–water partition coefficient (Wildman–Crippen LogP) is 1.97. The molecule has 0 amide bonds. The summed E-state index contributed by atoms with van der Waals surface area (Å²) in [4.78, 5) is 0. The van der Waals surface area contributed by atoms with Crippen LogP contribution in [0.4, 0.5) is 0 Å². The summed E-state index contributed by atoms with van der Waals surface area (Å²) < 4.78 is 2.58. The predicted molar refractivity (Wildman–Crippen MR) is 58.9 cm³/mol. The summed E-state index contributed by atoms with van der Waals surface area (Å²) in [5, 5.41) is 13.8. The highest BCUT2D eigenvalue weighted by molar-refractivity contribution is 9.10. The second kappa shape index (κ2) is 5.02. The molecule has 1 aromatic rings. The van der Waals surface area contributed by atoms with Crippen LogP contribution in [0.15, 0.2) is 10.7 Å². The van der Waals surface area contributed by atoms with Gasteiger partial charge < -0.3 is 5.11 Å². The fraction of sp³-hybridized carbons (Fsp3) is 0.625. The monoisotopic (exact) mass is 264 g/mol. The lowest BCUT2D eigenvalue weighted by molar-refractivity contribution is 0.164. The minimum Gasteiger partial charge on any atom is -0.387 e. The third-order valence-electron chi connectivity index (χ3n) is 1.85. The molecular formula is C8H13BrN2OS. The third-order valence-corrected chi connectivity index (χ3v) is 3.10. The first-order valence-electron chi connectivity index (χ1n) is 4.01. The highest BCUT2D eigenvalue weighted by Gasteiger charge is 2.15. The molecule has 0 radical (unpaired) electrons. The van der Waals surface area contributed by atoms with Gasteiger partial charge in [-0.25, -0.2) is 0 Å². The third kappa shape index (κ3) is 2.72. The summed E-state index contributed by atoms with van der Waals surface area (Å²) >= 11 is 5.09. The second-order valence-electron chi connectivity index (χ2n) is 2.80. The zero-order valence-electron chi connectivity index (χ0n) is 7.70. The summed E-state index contributed by atoms with van der Waals surface area (Å²) in [6.45, 7) is 0. The van der Waals surface area contributed by atoms with Gasteiger partial charge in [0.2, 0.25) is 0 Å². The summed E-state index contributed by atoms with van der Waals surface area (Å²) in [7, 11) is 1.84. The molecule has 13 heavy (non-hydrogen) atoms. The fourth-order valence-electron chi connectivity index (χ4n) is 1.16. The number of nitrogens with zero attached hydrogens (tertiary/aromatic N) is 2. The van der Waals surface area contributed by atoms with Crippen molar-refractivity contribution in [2.75, 3.05) is 12.0 Å². The van der Waals surface area contributed by atoms with Crippen LogP contribution < -0.4 is 0 Å². The summed E-state index contributed by atoms with van der Waals surface area (Å²) in [5.41, 5.74) is 0.856. The van der Waals surface area contributed by atoms with Gasteiger partial charge in [0.05, 0.1) is 22.5 Å². The van der Waals surface area contributed by atoms with Gasteiger partial charge in [-0.2, -0.15) is 16.9 Å². The zero-order chi connectivity index (χ0) is 9.84. The maximum absolute atomic E-state index is 9.80. The molecule has 1 aromatic heterocycles. The first-order valence-corrected chi connectivity index (χ1v) is 6.20. The highest BCUT2D eigenvalue weighted by Crippen LogP contribution is 2.25. The molecule has 0 aliphatic rings. The van der Waals surface area contributed by atoms with E-state index in [1.54, 1.807) is 22.6 Å². The van der Waals surface area contributed by atoms with Gasteiger partial charge in [0, 0.05) is 7.05 Å². The molecule has 1 rings (SSSR count). The number of aromatic nitrogens is 2. The zero-order valence-corrected chi connectivity index (χ0v) is 10.1. The van der Waals surface area contributed by atoms with Crippen molar-refractivity contribution in [2.45, 2.75) is 12.5 Å². The maximum atomic E-state index is 9.80. The van der Waals surface area contributed by atoms with E-state index in [1.807, 2.05) is 13.3 Å². The Balaban J connectivity index is 2.69. The Kier molecular flexibility index (Phi) is 4.28. The van der Waals surface area contributed by atoms with Crippen molar-refractivity contribution in [1.29, 1.82) is 0 Å². The molecule has 0 aliphatic carbocycles. The molecular weight excluding hydrogens is 252 g/mol. The molecule has 1 N–H and O–H groups in total. The van der Waals surface area contributed by atoms with E-state index >= 15 is 0 Å². The van der Waals surface area contributed by atoms with Crippen LogP contribution >= 0.6 is 27.7 Å². The quantitative estimate of drug-likeness (QED) is 0.904. The normalized spacial score (nSPS) is 13.2. The number of aryl methyl sites for hydroxylation is 1. The van der Waals surface area contributed by atoms with E-state index in [0.29, 0.717) is 0 Å². The Morgan fingerprint density at radius 1 is 1.77 bits per heavy atom. The van der Waals surface area contributed by atoms with Crippen molar-refractivity contribution in [3.63, 3.8) is 0 Å². The number of hydrogen-bond donors (Lipinski definition) is 1. The molecule has 0 spiro atoms. The van der Waals surface area contributed by atoms with Gasteiger partial charge in [-0.1, -0.05) is 0 Å². The van der Waals surface area contributed by atoms with Gasteiger partial charge in [0.1, 0.15) is 0 Å². The lowest BCUT2D eigenvalue weighted by Crippen LogP contribution is -2.06. The van der Waals surface area contributed by atoms with Crippen LogP contribution in [0.25, 0.3) is 0 Å². The molecule has 5 heteroatoms. The van der Waals surface area contributed by atoms with Crippen LogP contribution in [-0.2, 0) is 7.05 Å². The van der Waals surface area contributed by atoms with E-state index in [4.69, 9.17) is 0 Å². The van der Waals surface area contributed by atoms with E-state index in [1.165, 1.54) is 0 Å². The van der Waals surface area contributed by atoms with Gasteiger partial charge >= 0.3 is 0 Å². The standard InChI is InChI=1S/C8H13BrN2OS/c1-11-8(6(9)5-10-11)7(12)3-4-13-2/h5,7,12H,3-4H2,1-2H3. The number of hydrogen-bond acceptors (Lipinski definition) is 3. The van der Waals surface area contributed by atoms with Crippen LogP contribution in [0.5, 0.6) is 0 Å². The van der Waals surface area contributed by atoms with Gasteiger partial charge in [-0.05, 0) is 34.4 Å². The van der Waals surface area contributed by atoms with Crippen LogP contribution in [0.1, 0.15) is 18.2 Å². The molecule has 1 atom stereocenters. The van der Waals surface area contributed by atoms with Crippen LogP contribution in [0.3, 0.4) is 0 Å². The molecule has 1 unspecified atom stereocenters. The summed E-state index contributed by atoms with van der Waals surface area (Å²) in [6.07, 6.45) is 4.08. The maximum Gasteiger partial charge on any atom is 0.0975 e. The van der Waals surface area contributed by atoms with E-state index < -0.39 is 6.10 Å². The summed E-state index contributed by atoms with van der Waals surface area (Å²) in [5.74, 6) is 0.957. The van der Waals surface area contributed by atoms with Crippen molar-refractivity contribution in [3.05, 3.63) is 16.4 Å². The Labute approximate surface area is 90.6 Å². The molecule has 0 saturated carbocycles. The molecule has 1 heterocycles. The van der Waals surface area contributed by atoms with E-state index in [-0.39, 0.29) is 0 Å². The van der Waals surface area contributed by atoms with Crippen LogP contribution in [0, 0.1) is 0 Å². The molecule has 74 valence electrons. The Bertz CT molecular complexity index is 258. The fourth-order valence-corrected chi connectivity index (χ4v) is 2.23. The SMILES string of the molecule is CSCCC(O)c1c(Br)cnn1C. The van der Waals surface area contributed by atoms with Crippen molar-refractivity contribution in [1.82, 2.24) is 9.78 Å². The van der Waals surface area contributed by atoms with E-state index in [9.17, 15) is 5.11 Å². The summed E-state index contributed by atoms with van der Waals surface area (Å²) in [6, 6.07) is 0. The largest absolute Gasteiger partial charge is 0.387 e. The number of rotatable bonds is 4. The number of aliphatic hydroxyl groups excluding tert-OH is 1. The molecule has 0 bridgehead atoms. The van der Waals surface area contributed by atoms with Gasteiger partial charge in [-0.3, -0.25) is 4.68 Å². The van der Waals surface area contributed by atoms with Crippen molar-refractivity contribution in [2.24, 2.45) is 7.05 Å². The molecule has 3 nitrogen and oxygen atoms in total.